The monoisotopic (exact) mass is 231 g/mol. The van der Waals surface area contributed by atoms with Crippen LogP contribution >= 0.6 is 0 Å². The van der Waals surface area contributed by atoms with Gasteiger partial charge in [0.05, 0.1) is 0 Å². The number of nitrogens with zero attached hydrogens (tertiary/aromatic N) is 1. The van der Waals surface area contributed by atoms with Crippen molar-refractivity contribution >= 4 is 10.9 Å². The average Bonchev–Trinajstić information content (AvgIpc) is 2.89. The number of hydrogen-bond donors (Lipinski definition) is 4. The summed E-state index contributed by atoms with van der Waals surface area (Å²) in [5.41, 5.74) is 12.3. The topological polar surface area (TPSA) is 70.2 Å². The highest BCUT2D eigenvalue weighted by Gasteiger charge is 2.13. The summed E-state index contributed by atoms with van der Waals surface area (Å²) < 4.78 is 5.74. The molecule has 0 spiro atoms. The zero-order valence-electron chi connectivity index (χ0n) is 9.10. The first-order valence-electron chi connectivity index (χ1n) is 5.41. The first-order valence-corrected chi connectivity index (χ1v) is 5.41. The first-order chi connectivity index (χ1) is 8.43. The maximum Gasteiger partial charge on any atom is 0.145 e. The molecule has 0 unspecified atom stereocenters. The fourth-order valence-corrected chi connectivity index (χ4v) is 1.73. The van der Waals surface area contributed by atoms with E-state index in [0.717, 1.165) is 16.7 Å². The quantitative estimate of drug-likeness (QED) is 0.599. The summed E-state index contributed by atoms with van der Waals surface area (Å²) in [6.45, 7) is 0.496. The molecule has 1 fully saturated rings. The van der Waals surface area contributed by atoms with Crippen molar-refractivity contribution in [2.24, 2.45) is 0 Å². The van der Waals surface area contributed by atoms with Crippen LogP contribution in [0.15, 0.2) is 36.5 Å². The molecular weight excluding hydrogens is 218 g/mol. The van der Waals surface area contributed by atoms with Gasteiger partial charge in [0.2, 0.25) is 0 Å². The van der Waals surface area contributed by atoms with Gasteiger partial charge in [0.1, 0.15) is 24.0 Å². The standard InChI is InChI=1S/C11H13N5O/c1-3-8-4-2-6-12-11(8)9(5-1)17-7-10-13-15-16-14-10/h1-6,10,13-16H,7H2. The number of para-hydroxylation sites is 1. The lowest BCUT2D eigenvalue weighted by molar-refractivity contribution is 0.262. The van der Waals surface area contributed by atoms with Crippen LogP contribution in [0.4, 0.5) is 0 Å². The number of nitrogens with one attached hydrogen (secondary N) is 4. The average molecular weight is 231 g/mol. The van der Waals surface area contributed by atoms with Crippen LogP contribution in [0.25, 0.3) is 10.9 Å². The molecule has 4 N–H and O–H groups in total. The Hall–Kier alpha value is -1.73. The minimum atomic E-state index is 0.0222. The van der Waals surface area contributed by atoms with E-state index in [1.807, 2.05) is 30.3 Å². The molecule has 2 aromatic rings. The predicted molar refractivity (Wildman–Crippen MR) is 63.6 cm³/mol. The lowest BCUT2D eigenvalue weighted by Crippen LogP contribution is -2.39. The van der Waals surface area contributed by atoms with Crippen LogP contribution in [0.5, 0.6) is 5.75 Å². The van der Waals surface area contributed by atoms with E-state index in [1.165, 1.54) is 0 Å². The molecule has 1 aliphatic rings. The van der Waals surface area contributed by atoms with Crippen LogP contribution in [-0.2, 0) is 0 Å². The highest BCUT2D eigenvalue weighted by atomic mass is 16.5. The molecule has 0 saturated carbocycles. The maximum absolute atomic E-state index is 5.74. The molecule has 1 aromatic carbocycles. The van der Waals surface area contributed by atoms with E-state index in [4.69, 9.17) is 4.74 Å². The number of benzene rings is 1. The van der Waals surface area contributed by atoms with E-state index in [1.54, 1.807) is 6.20 Å². The first kappa shape index (κ1) is 10.4. The van der Waals surface area contributed by atoms with Crippen LogP contribution in [0, 0.1) is 0 Å². The van der Waals surface area contributed by atoms with Crippen molar-refractivity contribution in [2.45, 2.75) is 6.17 Å². The molecule has 0 atom stereocenters. The molecule has 6 heteroatoms. The third-order valence-corrected chi connectivity index (χ3v) is 2.56. The van der Waals surface area contributed by atoms with Gasteiger partial charge in [-0.2, -0.15) is 11.1 Å². The minimum absolute atomic E-state index is 0.0222. The van der Waals surface area contributed by atoms with Crippen molar-refractivity contribution in [2.75, 3.05) is 6.61 Å². The van der Waals surface area contributed by atoms with Gasteiger partial charge < -0.3 is 4.74 Å². The SMILES string of the molecule is c1cnc2c(OCC3NNNN3)cccc2c1. The summed E-state index contributed by atoms with van der Waals surface area (Å²) in [6.07, 6.45) is 1.79. The fraction of sp³-hybridized carbons (Fsp3) is 0.182. The number of rotatable bonds is 3. The van der Waals surface area contributed by atoms with E-state index >= 15 is 0 Å². The van der Waals surface area contributed by atoms with Crippen molar-refractivity contribution in [1.82, 2.24) is 26.9 Å². The van der Waals surface area contributed by atoms with Crippen LogP contribution in [0.3, 0.4) is 0 Å². The third kappa shape index (κ3) is 2.20. The Morgan fingerprint density at radius 1 is 1.12 bits per heavy atom. The molecule has 88 valence electrons. The summed E-state index contributed by atoms with van der Waals surface area (Å²) in [7, 11) is 0. The molecule has 6 nitrogen and oxygen atoms in total. The molecule has 17 heavy (non-hydrogen) atoms. The number of hydrazine groups is 3. The molecule has 1 aliphatic heterocycles. The Bertz CT molecular complexity index is 507. The van der Waals surface area contributed by atoms with Gasteiger partial charge in [-0.1, -0.05) is 18.2 Å². The van der Waals surface area contributed by atoms with Crippen LogP contribution in [0.2, 0.25) is 0 Å². The molecule has 0 radical (unpaired) electrons. The zero-order valence-corrected chi connectivity index (χ0v) is 9.10. The Labute approximate surface area is 98.3 Å². The van der Waals surface area contributed by atoms with Crippen molar-refractivity contribution < 1.29 is 4.74 Å². The molecule has 0 aliphatic carbocycles. The number of pyridine rings is 1. The second-order valence-electron chi connectivity index (χ2n) is 3.73. The van der Waals surface area contributed by atoms with E-state index in [2.05, 4.69) is 26.9 Å². The normalized spacial score (nSPS) is 16.5. The predicted octanol–water partition coefficient (Wildman–Crippen LogP) is 0.0567. The molecule has 0 amide bonds. The molecule has 2 heterocycles. The van der Waals surface area contributed by atoms with Gasteiger partial charge in [-0.05, 0) is 12.1 Å². The van der Waals surface area contributed by atoms with Gasteiger partial charge in [-0.25, -0.2) is 10.9 Å². The summed E-state index contributed by atoms with van der Waals surface area (Å²) in [5, 5.41) is 1.08. The third-order valence-electron chi connectivity index (χ3n) is 2.56. The second-order valence-corrected chi connectivity index (χ2v) is 3.73. The van der Waals surface area contributed by atoms with Gasteiger partial charge in [-0.15, -0.1) is 0 Å². The fourth-order valence-electron chi connectivity index (χ4n) is 1.73. The van der Waals surface area contributed by atoms with Crippen LogP contribution in [0.1, 0.15) is 0 Å². The van der Waals surface area contributed by atoms with Crippen molar-refractivity contribution in [1.29, 1.82) is 0 Å². The highest BCUT2D eigenvalue weighted by molar-refractivity contribution is 5.84. The summed E-state index contributed by atoms with van der Waals surface area (Å²) in [6, 6.07) is 9.84. The molecule has 0 bridgehead atoms. The lowest BCUT2D eigenvalue weighted by Gasteiger charge is -2.12. The van der Waals surface area contributed by atoms with Gasteiger partial charge >= 0.3 is 0 Å². The maximum atomic E-state index is 5.74. The molecule has 1 aromatic heterocycles. The van der Waals surface area contributed by atoms with Crippen LogP contribution in [-0.4, -0.2) is 17.8 Å². The lowest BCUT2D eigenvalue weighted by atomic mass is 10.2. The van der Waals surface area contributed by atoms with Gasteiger partial charge in [0.15, 0.2) is 0 Å². The Morgan fingerprint density at radius 3 is 2.82 bits per heavy atom. The van der Waals surface area contributed by atoms with Crippen molar-refractivity contribution in [3.8, 4) is 5.75 Å². The van der Waals surface area contributed by atoms with E-state index in [0.29, 0.717) is 6.61 Å². The van der Waals surface area contributed by atoms with Gasteiger partial charge in [0.25, 0.3) is 0 Å². The Morgan fingerprint density at radius 2 is 1.94 bits per heavy atom. The van der Waals surface area contributed by atoms with Crippen molar-refractivity contribution in [3.05, 3.63) is 36.5 Å². The Kier molecular flexibility index (Phi) is 2.85. The van der Waals surface area contributed by atoms with E-state index in [-0.39, 0.29) is 6.17 Å². The number of hydrogen-bond acceptors (Lipinski definition) is 6. The zero-order chi connectivity index (χ0) is 11.5. The van der Waals surface area contributed by atoms with E-state index in [9.17, 15) is 0 Å². The highest BCUT2D eigenvalue weighted by Crippen LogP contribution is 2.22. The second kappa shape index (κ2) is 4.64. The van der Waals surface area contributed by atoms with Gasteiger partial charge in [-0.3, -0.25) is 4.98 Å². The van der Waals surface area contributed by atoms with E-state index < -0.39 is 0 Å². The molecule has 3 rings (SSSR count). The smallest absolute Gasteiger partial charge is 0.145 e. The number of aromatic nitrogens is 1. The van der Waals surface area contributed by atoms with Crippen molar-refractivity contribution in [3.63, 3.8) is 0 Å². The summed E-state index contributed by atoms with van der Waals surface area (Å²) in [4.78, 5) is 4.33. The van der Waals surface area contributed by atoms with Crippen LogP contribution < -0.4 is 26.7 Å². The summed E-state index contributed by atoms with van der Waals surface area (Å²) in [5.74, 6) is 0.790. The number of ether oxygens (including phenoxy) is 1. The minimum Gasteiger partial charge on any atom is -0.488 e. The molecule has 1 saturated heterocycles. The number of fused-ring (bicyclic) bond motifs is 1. The Balaban J connectivity index is 1.79. The molecular formula is C11H13N5O. The largest absolute Gasteiger partial charge is 0.488 e. The van der Waals surface area contributed by atoms with Gasteiger partial charge in [0, 0.05) is 11.6 Å². The summed E-state index contributed by atoms with van der Waals surface area (Å²) >= 11 is 0.